The van der Waals surface area contributed by atoms with Crippen LogP contribution in [0.4, 0.5) is 0 Å². The zero-order chi connectivity index (χ0) is 21.2. The fourth-order valence-corrected chi connectivity index (χ4v) is 4.94. The van der Waals surface area contributed by atoms with E-state index in [9.17, 15) is 13.2 Å². The van der Waals surface area contributed by atoms with E-state index in [0.717, 1.165) is 24.9 Å². The summed E-state index contributed by atoms with van der Waals surface area (Å²) in [5.74, 6) is 0.783. The van der Waals surface area contributed by atoms with Crippen LogP contribution in [0.5, 0.6) is 5.75 Å². The molecule has 0 unspecified atom stereocenters. The van der Waals surface area contributed by atoms with Crippen LogP contribution in [0, 0.1) is 18.8 Å². The van der Waals surface area contributed by atoms with E-state index in [2.05, 4.69) is 0 Å². The third kappa shape index (κ3) is 5.52. The number of halogens is 1. The zero-order valence-corrected chi connectivity index (χ0v) is 18.5. The Morgan fingerprint density at radius 2 is 1.90 bits per heavy atom. The van der Waals surface area contributed by atoms with Crippen molar-refractivity contribution in [2.45, 2.75) is 45.1 Å². The molecule has 1 saturated carbocycles. The molecule has 1 aliphatic rings. The second-order valence-electron chi connectivity index (χ2n) is 7.89. The Hall–Kier alpha value is -2.05. The van der Waals surface area contributed by atoms with Gasteiger partial charge in [0, 0.05) is 19.0 Å². The number of aryl methyl sites for hydroxylation is 1. The summed E-state index contributed by atoms with van der Waals surface area (Å²) in [6, 6.07) is 11.7. The van der Waals surface area contributed by atoms with Gasteiger partial charge in [0.2, 0.25) is 5.91 Å². The first kappa shape index (κ1) is 21.7. The molecule has 0 radical (unpaired) electrons. The summed E-state index contributed by atoms with van der Waals surface area (Å²) in [4.78, 5) is 14.4. The summed E-state index contributed by atoms with van der Waals surface area (Å²) >= 11 is 6.10. The van der Waals surface area contributed by atoms with E-state index >= 15 is 0 Å². The first-order valence-electron chi connectivity index (χ1n) is 9.74. The van der Waals surface area contributed by atoms with E-state index < -0.39 is 10.1 Å². The van der Waals surface area contributed by atoms with E-state index in [4.69, 9.17) is 15.8 Å². The van der Waals surface area contributed by atoms with Gasteiger partial charge in [-0.3, -0.25) is 4.79 Å². The van der Waals surface area contributed by atoms with Gasteiger partial charge < -0.3 is 9.08 Å². The van der Waals surface area contributed by atoms with E-state index in [0.29, 0.717) is 18.0 Å². The lowest BCUT2D eigenvalue weighted by atomic mass is 10.1. The largest absolute Gasteiger partial charge is 0.379 e. The molecule has 5 nitrogen and oxygen atoms in total. The van der Waals surface area contributed by atoms with Crippen LogP contribution in [0.3, 0.4) is 0 Å². The number of carbonyl (C=O) groups is 1. The molecule has 0 heterocycles. The number of amides is 1. The van der Waals surface area contributed by atoms with Gasteiger partial charge in [0.15, 0.2) is 0 Å². The summed E-state index contributed by atoms with van der Waals surface area (Å²) < 4.78 is 30.9. The number of benzene rings is 2. The summed E-state index contributed by atoms with van der Waals surface area (Å²) in [6.45, 7) is 6.61. The third-order valence-electron chi connectivity index (χ3n) is 4.87. The number of hydrogen-bond donors (Lipinski definition) is 0. The topological polar surface area (TPSA) is 63.7 Å². The highest BCUT2D eigenvalue weighted by Crippen LogP contribution is 2.31. The molecular formula is C22H26ClNO4S. The first-order chi connectivity index (χ1) is 13.7. The predicted octanol–water partition coefficient (Wildman–Crippen LogP) is 4.81. The van der Waals surface area contributed by atoms with Crippen LogP contribution < -0.4 is 4.18 Å². The summed E-state index contributed by atoms with van der Waals surface area (Å²) in [6.07, 6.45) is 2.31. The van der Waals surface area contributed by atoms with Gasteiger partial charge in [0.1, 0.15) is 10.6 Å². The fourth-order valence-electron chi connectivity index (χ4n) is 3.23. The molecule has 0 bridgehead atoms. The van der Waals surface area contributed by atoms with Crippen LogP contribution in [0.2, 0.25) is 5.02 Å². The van der Waals surface area contributed by atoms with Gasteiger partial charge >= 0.3 is 10.1 Å². The molecular weight excluding hydrogens is 410 g/mol. The highest BCUT2D eigenvalue weighted by molar-refractivity contribution is 7.87. The Bertz CT molecular complexity index is 979. The van der Waals surface area contributed by atoms with Crippen LogP contribution >= 0.6 is 11.6 Å². The van der Waals surface area contributed by atoms with Crippen LogP contribution in [0.25, 0.3) is 0 Å². The molecule has 2 aromatic carbocycles. The van der Waals surface area contributed by atoms with Gasteiger partial charge in [0.05, 0.1) is 5.02 Å². The van der Waals surface area contributed by atoms with Crippen LogP contribution in [0.1, 0.15) is 37.8 Å². The lowest BCUT2D eigenvalue weighted by Crippen LogP contribution is -2.35. The summed E-state index contributed by atoms with van der Waals surface area (Å²) in [5, 5.41) is 0.124. The lowest BCUT2D eigenvalue weighted by molar-refractivity contribution is -0.135. The SMILES string of the molecule is Cc1cccc(Cl)c1S(=O)(=O)Oc1cccc(CN(CC2CC2)C(=O)C(C)C)c1. The third-order valence-corrected chi connectivity index (χ3v) is 6.75. The average molecular weight is 436 g/mol. The predicted molar refractivity (Wildman–Crippen MR) is 113 cm³/mol. The number of carbonyl (C=O) groups excluding carboxylic acids is 1. The fraction of sp³-hybridized carbons (Fsp3) is 0.409. The molecule has 1 fully saturated rings. The highest BCUT2D eigenvalue weighted by Gasteiger charge is 2.28. The molecule has 0 N–H and O–H groups in total. The molecule has 3 rings (SSSR count). The van der Waals surface area contributed by atoms with E-state index in [1.54, 1.807) is 37.3 Å². The van der Waals surface area contributed by atoms with Crippen molar-refractivity contribution in [1.82, 2.24) is 4.90 Å². The number of nitrogens with zero attached hydrogens (tertiary/aromatic N) is 1. The Kier molecular flexibility index (Phi) is 6.54. The van der Waals surface area contributed by atoms with Gasteiger partial charge in [-0.05, 0) is 55.0 Å². The molecule has 0 aromatic heterocycles. The maximum absolute atomic E-state index is 12.8. The minimum atomic E-state index is -4.07. The van der Waals surface area contributed by atoms with Crippen molar-refractivity contribution < 1.29 is 17.4 Å². The van der Waals surface area contributed by atoms with Gasteiger partial charge in [-0.15, -0.1) is 0 Å². The van der Waals surface area contributed by atoms with Crippen molar-refractivity contribution in [2.24, 2.45) is 11.8 Å². The lowest BCUT2D eigenvalue weighted by Gasteiger charge is -2.25. The molecule has 1 amide bonds. The van der Waals surface area contributed by atoms with Crippen molar-refractivity contribution in [3.8, 4) is 5.75 Å². The smallest absolute Gasteiger partial charge is 0.340 e. The van der Waals surface area contributed by atoms with Gasteiger partial charge in [0.25, 0.3) is 0 Å². The second kappa shape index (κ2) is 8.76. The quantitative estimate of drug-likeness (QED) is 0.558. The van der Waals surface area contributed by atoms with Crippen molar-refractivity contribution >= 4 is 27.6 Å². The highest BCUT2D eigenvalue weighted by atomic mass is 35.5. The Balaban J connectivity index is 1.80. The van der Waals surface area contributed by atoms with Crippen LogP contribution in [-0.2, 0) is 21.5 Å². The maximum atomic E-state index is 12.8. The zero-order valence-electron chi connectivity index (χ0n) is 16.9. The Morgan fingerprint density at radius 3 is 2.52 bits per heavy atom. The Morgan fingerprint density at radius 1 is 1.21 bits per heavy atom. The van der Waals surface area contributed by atoms with Crippen molar-refractivity contribution in [3.05, 3.63) is 58.6 Å². The molecule has 0 aliphatic heterocycles. The van der Waals surface area contributed by atoms with Gasteiger partial charge in [-0.1, -0.05) is 49.7 Å². The van der Waals surface area contributed by atoms with Crippen molar-refractivity contribution in [3.63, 3.8) is 0 Å². The van der Waals surface area contributed by atoms with Crippen LogP contribution in [0.15, 0.2) is 47.4 Å². The monoisotopic (exact) mass is 435 g/mol. The average Bonchev–Trinajstić information content (AvgIpc) is 3.44. The molecule has 2 aromatic rings. The minimum Gasteiger partial charge on any atom is -0.379 e. The van der Waals surface area contributed by atoms with Crippen molar-refractivity contribution in [2.75, 3.05) is 6.54 Å². The first-order valence-corrected chi connectivity index (χ1v) is 11.5. The molecule has 0 saturated heterocycles. The van der Waals surface area contributed by atoms with Gasteiger partial charge in [-0.25, -0.2) is 0 Å². The summed E-state index contributed by atoms with van der Waals surface area (Å²) in [5.41, 5.74) is 1.34. The number of hydrogen-bond acceptors (Lipinski definition) is 4. The summed E-state index contributed by atoms with van der Waals surface area (Å²) in [7, 11) is -4.07. The second-order valence-corrected chi connectivity index (χ2v) is 9.78. The molecule has 0 atom stereocenters. The van der Waals surface area contributed by atoms with E-state index in [1.165, 1.54) is 6.07 Å². The normalized spacial score (nSPS) is 14.1. The standard InChI is InChI=1S/C22H26ClNO4S/c1-15(2)22(25)24(13-17-10-11-17)14-18-7-5-8-19(12-18)28-29(26,27)21-16(3)6-4-9-20(21)23/h4-9,12,15,17H,10-11,13-14H2,1-3H3. The molecule has 29 heavy (non-hydrogen) atoms. The molecule has 0 spiro atoms. The Labute approximate surface area is 177 Å². The molecule has 1 aliphatic carbocycles. The van der Waals surface area contributed by atoms with Gasteiger partial charge in [-0.2, -0.15) is 8.42 Å². The molecule has 156 valence electrons. The van der Waals surface area contributed by atoms with Crippen LogP contribution in [-0.4, -0.2) is 25.8 Å². The maximum Gasteiger partial charge on any atom is 0.340 e. The van der Waals surface area contributed by atoms with Crippen molar-refractivity contribution in [1.29, 1.82) is 0 Å². The minimum absolute atomic E-state index is 0.0302. The van der Waals surface area contributed by atoms with E-state index in [-0.39, 0.29) is 27.5 Å². The molecule has 7 heteroatoms. The van der Waals surface area contributed by atoms with E-state index in [1.807, 2.05) is 24.8 Å². The number of rotatable bonds is 8.